The van der Waals surface area contributed by atoms with E-state index < -0.39 is 0 Å². The smallest absolute Gasteiger partial charge is 0.119 e. The second-order valence-corrected chi connectivity index (χ2v) is 6.00. The summed E-state index contributed by atoms with van der Waals surface area (Å²) in [5, 5.41) is 4.08. The van der Waals surface area contributed by atoms with Crippen molar-refractivity contribution in [2.75, 3.05) is 11.9 Å². The van der Waals surface area contributed by atoms with Crippen LogP contribution in [0.1, 0.15) is 25.3 Å². The Balaban J connectivity index is 1.90. The van der Waals surface area contributed by atoms with E-state index in [1.807, 2.05) is 30.3 Å². The first-order valence-electron chi connectivity index (χ1n) is 7.10. The largest absolute Gasteiger partial charge is 0.494 e. The van der Waals surface area contributed by atoms with Gasteiger partial charge in [0.05, 0.1) is 21.8 Å². The fourth-order valence-electron chi connectivity index (χ4n) is 1.88. The van der Waals surface area contributed by atoms with Crippen molar-refractivity contribution in [1.29, 1.82) is 0 Å². The van der Waals surface area contributed by atoms with Crippen molar-refractivity contribution in [3.05, 3.63) is 57.5 Å². The highest BCUT2D eigenvalue weighted by Crippen LogP contribution is 2.30. The first-order valence-corrected chi connectivity index (χ1v) is 8.27. The Bertz CT molecular complexity index is 572. The second-order valence-electron chi connectivity index (χ2n) is 4.80. The van der Waals surface area contributed by atoms with Crippen LogP contribution in [0.25, 0.3) is 0 Å². The number of hydrogen-bond acceptors (Lipinski definition) is 2. The molecule has 0 unspecified atom stereocenters. The molecule has 0 aliphatic heterocycles. The van der Waals surface area contributed by atoms with Gasteiger partial charge in [0.1, 0.15) is 5.75 Å². The van der Waals surface area contributed by atoms with Crippen molar-refractivity contribution in [2.45, 2.75) is 26.3 Å². The Hall–Kier alpha value is -1.19. The van der Waals surface area contributed by atoms with Crippen LogP contribution in [-0.4, -0.2) is 6.61 Å². The number of unbranched alkanes of at least 4 members (excludes halogenated alkanes) is 1. The van der Waals surface area contributed by atoms with Crippen LogP contribution < -0.4 is 10.1 Å². The van der Waals surface area contributed by atoms with Crippen LogP contribution in [0.3, 0.4) is 0 Å². The summed E-state index contributed by atoms with van der Waals surface area (Å²) in [6.45, 7) is 3.68. The van der Waals surface area contributed by atoms with Crippen LogP contribution in [0.4, 0.5) is 5.69 Å². The molecule has 1 N–H and O–H groups in total. The highest BCUT2D eigenvalue weighted by Gasteiger charge is 2.03. The fraction of sp³-hybridized carbons (Fsp3) is 0.294. The van der Waals surface area contributed by atoms with Gasteiger partial charge in [0.2, 0.25) is 0 Å². The summed E-state index contributed by atoms with van der Waals surface area (Å²) < 4.78 is 6.55. The van der Waals surface area contributed by atoms with E-state index in [4.69, 9.17) is 16.3 Å². The van der Waals surface area contributed by atoms with Crippen LogP contribution in [0.5, 0.6) is 5.75 Å². The van der Waals surface area contributed by atoms with Gasteiger partial charge >= 0.3 is 0 Å². The summed E-state index contributed by atoms with van der Waals surface area (Å²) >= 11 is 9.56. The minimum Gasteiger partial charge on any atom is -0.494 e. The van der Waals surface area contributed by atoms with Crippen LogP contribution >= 0.6 is 27.5 Å². The van der Waals surface area contributed by atoms with E-state index in [9.17, 15) is 0 Å². The predicted octanol–water partition coefficient (Wildman–Crippen LogP) is 5.89. The molecule has 0 aromatic heterocycles. The molecule has 2 aromatic rings. The van der Waals surface area contributed by atoms with Crippen molar-refractivity contribution in [1.82, 2.24) is 0 Å². The van der Waals surface area contributed by atoms with Gasteiger partial charge in [0.25, 0.3) is 0 Å². The number of halogens is 2. The lowest BCUT2D eigenvalue weighted by molar-refractivity contribution is 0.309. The monoisotopic (exact) mass is 367 g/mol. The van der Waals surface area contributed by atoms with E-state index in [1.54, 1.807) is 0 Å². The maximum atomic E-state index is 6.07. The zero-order chi connectivity index (χ0) is 15.1. The van der Waals surface area contributed by atoms with Crippen LogP contribution in [0, 0.1) is 0 Å². The summed E-state index contributed by atoms with van der Waals surface area (Å²) in [5.41, 5.74) is 2.19. The molecule has 0 aliphatic rings. The molecular weight excluding hydrogens is 350 g/mol. The SMILES string of the molecule is CCCCOc1ccc(CNc2cccc(Cl)c2Br)cc1. The lowest BCUT2D eigenvalue weighted by Crippen LogP contribution is -2.01. The van der Waals surface area contributed by atoms with E-state index in [0.717, 1.165) is 41.9 Å². The average Bonchev–Trinajstić information content (AvgIpc) is 2.50. The predicted molar refractivity (Wildman–Crippen MR) is 93.3 cm³/mol. The van der Waals surface area contributed by atoms with Crippen LogP contribution in [0.15, 0.2) is 46.9 Å². The van der Waals surface area contributed by atoms with Crippen LogP contribution in [0.2, 0.25) is 5.02 Å². The highest BCUT2D eigenvalue weighted by atomic mass is 79.9. The lowest BCUT2D eigenvalue weighted by Gasteiger charge is -2.10. The Morgan fingerprint density at radius 3 is 2.62 bits per heavy atom. The third-order valence-corrected chi connectivity index (χ3v) is 4.52. The molecule has 0 amide bonds. The topological polar surface area (TPSA) is 21.3 Å². The molecule has 0 fully saturated rings. The van der Waals surface area contributed by atoms with E-state index in [1.165, 1.54) is 5.56 Å². The molecule has 0 aliphatic carbocycles. The van der Waals surface area contributed by atoms with E-state index in [-0.39, 0.29) is 0 Å². The quantitative estimate of drug-likeness (QED) is 0.615. The maximum Gasteiger partial charge on any atom is 0.119 e. The van der Waals surface area contributed by atoms with Crippen molar-refractivity contribution in [3.63, 3.8) is 0 Å². The molecule has 2 nitrogen and oxygen atoms in total. The van der Waals surface area contributed by atoms with E-state index in [2.05, 4.69) is 40.3 Å². The molecule has 0 spiro atoms. The lowest BCUT2D eigenvalue weighted by atomic mass is 10.2. The minimum atomic E-state index is 0.708. The second kappa shape index (κ2) is 8.30. The number of hydrogen-bond donors (Lipinski definition) is 1. The molecule has 2 rings (SSSR count). The first kappa shape index (κ1) is 16.2. The zero-order valence-corrected chi connectivity index (χ0v) is 14.4. The number of ether oxygens (including phenoxy) is 1. The normalized spacial score (nSPS) is 10.4. The van der Waals surface area contributed by atoms with Crippen molar-refractivity contribution >= 4 is 33.2 Å². The van der Waals surface area contributed by atoms with Gasteiger partial charge in [0.15, 0.2) is 0 Å². The summed E-state index contributed by atoms with van der Waals surface area (Å²) in [7, 11) is 0. The standard InChI is InChI=1S/C17H19BrClNO/c1-2-3-11-21-14-9-7-13(8-10-14)12-20-16-6-4-5-15(19)17(16)18/h4-10,20H,2-3,11-12H2,1H3. The Labute approximate surface area is 139 Å². The highest BCUT2D eigenvalue weighted by molar-refractivity contribution is 9.10. The molecule has 0 saturated heterocycles. The summed E-state index contributed by atoms with van der Waals surface area (Å²) in [4.78, 5) is 0. The zero-order valence-electron chi connectivity index (χ0n) is 12.0. The first-order chi connectivity index (χ1) is 10.2. The van der Waals surface area contributed by atoms with E-state index in [0.29, 0.717) is 5.02 Å². The number of anilines is 1. The molecule has 112 valence electrons. The molecule has 4 heteroatoms. The summed E-state index contributed by atoms with van der Waals surface area (Å²) in [5.74, 6) is 0.927. The molecule has 21 heavy (non-hydrogen) atoms. The van der Waals surface area contributed by atoms with Crippen molar-refractivity contribution < 1.29 is 4.74 Å². The molecule has 0 bridgehead atoms. The van der Waals surface area contributed by atoms with Gasteiger partial charge in [-0.05, 0) is 52.2 Å². The molecular formula is C17H19BrClNO. The number of benzene rings is 2. The number of nitrogens with one attached hydrogen (secondary N) is 1. The third-order valence-electron chi connectivity index (χ3n) is 3.12. The molecule has 0 radical (unpaired) electrons. The van der Waals surface area contributed by atoms with Gasteiger partial charge in [-0.3, -0.25) is 0 Å². The maximum absolute atomic E-state index is 6.07. The number of rotatable bonds is 7. The van der Waals surface area contributed by atoms with Gasteiger partial charge in [0, 0.05) is 6.54 Å². The minimum absolute atomic E-state index is 0.708. The van der Waals surface area contributed by atoms with Gasteiger partial charge in [-0.15, -0.1) is 0 Å². The summed E-state index contributed by atoms with van der Waals surface area (Å²) in [6.07, 6.45) is 2.24. The summed E-state index contributed by atoms with van der Waals surface area (Å²) in [6, 6.07) is 14.0. The van der Waals surface area contributed by atoms with Crippen molar-refractivity contribution in [2.24, 2.45) is 0 Å². The van der Waals surface area contributed by atoms with Gasteiger partial charge < -0.3 is 10.1 Å². The molecule has 2 aromatic carbocycles. The Morgan fingerprint density at radius 1 is 1.14 bits per heavy atom. The molecule has 0 heterocycles. The molecule has 0 saturated carbocycles. The van der Waals surface area contributed by atoms with Crippen LogP contribution in [-0.2, 0) is 6.54 Å². The average molecular weight is 369 g/mol. The Morgan fingerprint density at radius 2 is 1.90 bits per heavy atom. The van der Waals surface area contributed by atoms with Gasteiger partial charge in [-0.1, -0.05) is 43.1 Å². The molecule has 0 atom stereocenters. The van der Waals surface area contributed by atoms with Crippen molar-refractivity contribution in [3.8, 4) is 5.75 Å². The van der Waals surface area contributed by atoms with Gasteiger partial charge in [-0.2, -0.15) is 0 Å². The van der Waals surface area contributed by atoms with Gasteiger partial charge in [-0.25, -0.2) is 0 Å². The Kier molecular flexibility index (Phi) is 6.40. The fourth-order valence-corrected chi connectivity index (χ4v) is 2.45. The third kappa shape index (κ3) is 4.94. The van der Waals surface area contributed by atoms with E-state index >= 15 is 0 Å².